The van der Waals surface area contributed by atoms with E-state index in [9.17, 15) is 13.2 Å². The third-order valence-electron chi connectivity index (χ3n) is 4.22. The van der Waals surface area contributed by atoms with Crippen LogP contribution >= 0.6 is 11.6 Å². The summed E-state index contributed by atoms with van der Waals surface area (Å²) in [7, 11) is -3.86. The largest absolute Gasteiger partial charge is 0.492 e. The number of hydrogen-bond acceptors (Lipinski definition) is 4. The van der Waals surface area contributed by atoms with Crippen LogP contribution in [0, 0.1) is 6.92 Å². The van der Waals surface area contributed by atoms with E-state index in [0.29, 0.717) is 28.6 Å². The first-order valence-electron chi connectivity index (χ1n) is 9.22. The molecule has 3 aromatic rings. The third kappa shape index (κ3) is 5.31. The van der Waals surface area contributed by atoms with Gasteiger partial charge in [-0.3, -0.25) is 9.52 Å². The van der Waals surface area contributed by atoms with Gasteiger partial charge in [-0.15, -0.1) is 0 Å². The molecule has 30 heavy (non-hydrogen) atoms. The average molecular weight is 445 g/mol. The first-order chi connectivity index (χ1) is 14.3. The number of anilines is 2. The lowest BCUT2D eigenvalue weighted by atomic mass is 10.2. The maximum atomic E-state index is 12.8. The van der Waals surface area contributed by atoms with Crippen molar-refractivity contribution in [3.63, 3.8) is 0 Å². The molecule has 0 aliphatic heterocycles. The lowest BCUT2D eigenvalue weighted by Gasteiger charge is -2.14. The van der Waals surface area contributed by atoms with Crippen LogP contribution in [0.25, 0.3) is 0 Å². The summed E-state index contributed by atoms with van der Waals surface area (Å²) in [6.07, 6.45) is 0. The van der Waals surface area contributed by atoms with Crippen molar-refractivity contribution in [2.45, 2.75) is 18.7 Å². The summed E-state index contributed by atoms with van der Waals surface area (Å²) in [6, 6.07) is 17.7. The second-order valence-electron chi connectivity index (χ2n) is 6.52. The molecule has 8 heteroatoms. The van der Waals surface area contributed by atoms with E-state index in [4.69, 9.17) is 16.3 Å². The average Bonchev–Trinajstić information content (AvgIpc) is 2.71. The molecule has 0 radical (unpaired) electrons. The quantitative estimate of drug-likeness (QED) is 0.531. The monoisotopic (exact) mass is 444 g/mol. The third-order valence-corrected chi connectivity index (χ3v) is 5.85. The maximum Gasteiger partial charge on any atom is 0.261 e. The zero-order valence-electron chi connectivity index (χ0n) is 16.5. The SMILES string of the molecule is CCOc1ccc(S(=O)(=O)Nc2ccc(C)cc2)cc1NC(=O)c1ccc(Cl)cc1. The lowest BCUT2D eigenvalue weighted by molar-refractivity contribution is 0.102. The molecule has 0 aliphatic rings. The van der Waals surface area contributed by atoms with Crippen LogP contribution in [0.15, 0.2) is 71.6 Å². The normalized spacial score (nSPS) is 11.0. The fourth-order valence-corrected chi connectivity index (χ4v) is 3.90. The van der Waals surface area contributed by atoms with E-state index in [-0.39, 0.29) is 10.6 Å². The minimum absolute atomic E-state index is 0.00191. The Kier molecular flexibility index (Phi) is 6.64. The van der Waals surface area contributed by atoms with Gasteiger partial charge in [0.2, 0.25) is 0 Å². The molecule has 0 aliphatic carbocycles. The zero-order chi connectivity index (χ0) is 21.7. The zero-order valence-corrected chi connectivity index (χ0v) is 18.0. The van der Waals surface area contributed by atoms with Gasteiger partial charge in [-0.05, 0) is 68.4 Å². The fraction of sp³-hybridized carbons (Fsp3) is 0.136. The fourth-order valence-electron chi connectivity index (χ4n) is 2.69. The van der Waals surface area contributed by atoms with Crippen LogP contribution in [0.2, 0.25) is 5.02 Å². The van der Waals surface area contributed by atoms with Crippen LogP contribution < -0.4 is 14.8 Å². The van der Waals surface area contributed by atoms with Gasteiger partial charge in [0.1, 0.15) is 5.75 Å². The highest BCUT2D eigenvalue weighted by molar-refractivity contribution is 7.92. The molecule has 156 valence electrons. The molecule has 0 saturated heterocycles. The van der Waals surface area contributed by atoms with E-state index < -0.39 is 15.9 Å². The van der Waals surface area contributed by atoms with Gasteiger partial charge in [-0.1, -0.05) is 29.3 Å². The molecular formula is C22H21ClN2O4S. The summed E-state index contributed by atoms with van der Waals surface area (Å²) in [5.41, 5.74) is 2.10. The number of halogens is 1. The number of benzene rings is 3. The highest BCUT2D eigenvalue weighted by Gasteiger charge is 2.18. The minimum atomic E-state index is -3.86. The molecule has 2 N–H and O–H groups in total. The number of amides is 1. The first kappa shape index (κ1) is 21.7. The molecule has 0 unspecified atom stereocenters. The van der Waals surface area contributed by atoms with E-state index in [2.05, 4.69) is 10.0 Å². The highest BCUT2D eigenvalue weighted by Crippen LogP contribution is 2.29. The van der Waals surface area contributed by atoms with E-state index in [1.807, 2.05) is 19.1 Å². The maximum absolute atomic E-state index is 12.8. The van der Waals surface area contributed by atoms with Gasteiger partial charge < -0.3 is 10.1 Å². The standard InChI is InChI=1S/C22H21ClN2O4S/c1-3-29-21-13-12-19(30(27,28)25-18-10-4-15(2)5-11-18)14-20(21)24-22(26)16-6-8-17(23)9-7-16/h4-14,25H,3H2,1-2H3,(H,24,26). The van der Waals surface area contributed by atoms with Gasteiger partial charge >= 0.3 is 0 Å². The van der Waals surface area contributed by atoms with Crippen molar-refractivity contribution in [3.05, 3.63) is 82.9 Å². The van der Waals surface area contributed by atoms with Crippen molar-refractivity contribution in [1.29, 1.82) is 0 Å². The molecule has 0 atom stereocenters. The minimum Gasteiger partial charge on any atom is -0.492 e. The number of ether oxygens (including phenoxy) is 1. The van der Waals surface area contributed by atoms with Gasteiger partial charge in [0.15, 0.2) is 0 Å². The Labute approximate surface area is 180 Å². The van der Waals surface area contributed by atoms with E-state index in [1.54, 1.807) is 43.3 Å². The predicted octanol–water partition coefficient (Wildman–Crippen LogP) is 5.10. The molecule has 0 aromatic heterocycles. The summed E-state index contributed by atoms with van der Waals surface area (Å²) >= 11 is 5.86. The van der Waals surface area contributed by atoms with Crippen molar-refractivity contribution in [2.75, 3.05) is 16.6 Å². The van der Waals surface area contributed by atoms with Crippen LogP contribution in [0.4, 0.5) is 11.4 Å². The van der Waals surface area contributed by atoms with Crippen molar-refractivity contribution >= 4 is 38.9 Å². The molecule has 0 saturated carbocycles. The topological polar surface area (TPSA) is 84.5 Å². The second-order valence-corrected chi connectivity index (χ2v) is 8.64. The Bertz CT molecular complexity index is 1140. The van der Waals surface area contributed by atoms with Gasteiger partial charge in [0.25, 0.3) is 15.9 Å². The first-order valence-corrected chi connectivity index (χ1v) is 11.1. The molecule has 3 rings (SSSR count). The Hall–Kier alpha value is -3.03. The molecule has 0 bridgehead atoms. The summed E-state index contributed by atoms with van der Waals surface area (Å²) in [6.45, 7) is 4.08. The Morgan fingerprint density at radius 2 is 1.67 bits per heavy atom. The summed E-state index contributed by atoms with van der Waals surface area (Å²) in [4.78, 5) is 12.6. The van der Waals surface area contributed by atoms with Gasteiger partial charge in [-0.25, -0.2) is 8.42 Å². The second kappa shape index (κ2) is 9.19. The predicted molar refractivity (Wildman–Crippen MR) is 119 cm³/mol. The lowest BCUT2D eigenvalue weighted by Crippen LogP contribution is -2.16. The van der Waals surface area contributed by atoms with Gasteiger partial charge in [-0.2, -0.15) is 0 Å². The molecular weight excluding hydrogens is 424 g/mol. The number of rotatable bonds is 7. The van der Waals surface area contributed by atoms with E-state index >= 15 is 0 Å². The van der Waals surface area contributed by atoms with Crippen molar-refractivity contribution in [2.24, 2.45) is 0 Å². The van der Waals surface area contributed by atoms with Gasteiger partial charge in [0, 0.05) is 16.3 Å². The van der Waals surface area contributed by atoms with Crippen molar-refractivity contribution in [1.82, 2.24) is 0 Å². The Morgan fingerprint density at radius 3 is 2.30 bits per heavy atom. The number of hydrogen-bond donors (Lipinski definition) is 2. The van der Waals surface area contributed by atoms with Gasteiger partial charge in [0.05, 0.1) is 17.2 Å². The smallest absolute Gasteiger partial charge is 0.261 e. The van der Waals surface area contributed by atoms with Crippen LogP contribution in [0.1, 0.15) is 22.8 Å². The number of sulfonamides is 1. The van der Waals surface area contributed by atoms with E-state index in [1.165, 1.54) is 18.2 Å². The number of aryl methyl sites for hydroxylation is 1. The Morgan fingerprint density at radius 1 is 1.00 bits per heavy atom. The molecule has 0 spiro atoms. The summed E-state index contributed by atoms with van der Waals surface area (Å²) in [5, 5.41) is 3.23. The number of nitrogens with one attached hydrogen (secondary N) is 2. The number of carbonyl (C=O) groups excluding carboxylic acids is 1. The van der Waals surface area contributed by atoms with Crippen LogP contribution in [-0.2, 0) is 10.0 Å². The molecule has 1 amide bonds. The number of carbonyl (C=O) groups is 1. The van der Waals surface area contributed by atoms with Crippen LogP contribution in [0.5, 0.6) is 5.75 Å². The summed E-state index contributed by atoms with van der Waals surface area (Å²) in [5.74, 6) is -0.0391. The highest BCUT2D eigenvalue weighted by atomic mass is 35.5. The molecule has 0 heterocycles. The van der Waals surface area contributed by atoms with E-state index in [0.717, 1.165) is 5.56 Å². The van der Waals surface area contributed by atoms with Crippen molar-refractivity contribution < 1.29 is 17.9 Å². The Balaban J connectivity index is 1.90. The van der Waals surface area contributed by atoms with Crippen molar-refractivity contribution in [3.8, 4) is 5.75 Å². The summed E-state index contributed by atoms with van der Waals surface area (Å²) < 4.78 is 33.7. The van der Waals surface area contributed by atoms with Crippen LogP contribution in [-0.4, -0.2) is 20.9 Å². The van der Waals surface area contributed by atoms with Crippen LogP contribution in [0.3, 0.4) is 0 Å². The molecule has 6 nitrogen and oxygen atoms in total. The molecule has 0 fully saturated rings. The molecule has 3 aromatic carbocycles.